The minimum atomic E-state index is -0.744. The molecule has 1 aliphatic rings. The van der Waals surface area contributed by atoms with Crippen LogP contribution in [0.2, 0.25) is 0 Å². The predicted molar refractivity (Wildman–Crippen MR) is 75.4 cm³/mol. The molecule has 0 fully saturated rings. The Kier molecular flexibility index (Phi) is 2.67. The first-order chi connectivity index (χ1) is 9.08. The van der Waals surface area contributed by atoms with Gasteiger partial charge in [-0.05, 0) is 41.7 Å². The second kappa shape index (κ2) is 4.23. The van der Waals surface area contributed by atoms with Crippen LogP contribution in [0.25, 0.3) is 11.1 Å². The Morgan fingerprint density at radius 1 is 1.16 bits per heavy atom. The summed E-state index contributed by atoms with van der Waals surface area (Å²) in [4.78, 5) is 11.1. The van der Waals surface area contributed by atoms with E-state index >= 15 is 0 Å². The van der Waals surface area contributed by atoms with E-state index in [4.69, 9.17) is 5.11 Å². The normalized spacial score (nSPS) is 16.0. The highest BCUT2D eigenvalue weighted by atomic mass is 16.4. The van der Waals surface area contributed by atoms with Crippen molar-refractivity contribution >= 4 is 5.97 Å². The van der Waals surface area contributed by atoms with Crippen LogP contribution >= 0.6 is 0 Å². The SMILES string of the molecule is Cc1ccc2c(c1)C(CC(=O)O)c1cccc(C)c1-2. The third kappa shape index (κ3) is 1.84. The zero-order valence-corrected chi connectivity index (χ0v) is 11.1. The lowest BCUT2D eigenvalue weighted by Crippen LogP contribution is -2.05. The molecule has 0 amide bonds. The predicted octanol–water partition coefficient (Wildman–Crippen LogP) is 3.89. The van der Waals surface area contributed by atoms with Crippen LogP contribution in [0.1, 0.15) is 34.6 Å². The molecule has 0 aliphatic heterocycles. The molecule has 2 aromatic rings. The molecule has 3 rings (SSSR count). The van der Waals surface area contributed by atoms with Crippen LogP contribution in [0.3, 0.4) is 0 Å². The van der Waals surface area contributed by atoms with E-state index in [0.717, 1.165) is 11.1 Å². The van der Waals surface area contributed by atoms with Crippen molar-refractivity contribution in [1.82, 2.24) is 0 Å². The third-order valence-electron chi connectivity index (χ3n) is 3.91. The maximum atomic E-state index is 11.1. The summed E-state index contributed by atoms with van der Waals surface area (Å²) in [5.41, 5.74) is 7.14. The molecular formula is C17H16O2. The molecule has 19 heavy (non-hydrogen) atoms. The maximum absolute atomic E-state index is 11.1. The van der Waals surface area contributed by atoms with Gasteiger partial charge in [0, 0.05) is 5.92 Å². The third-order valence-corrected chi connectivity index (χ3v) is 3.91. The minimum absolute atomic E-state index is 0.0118. The lowest BCUT2D eigenvalue weighted by Gasteiger charge is -2.11. The van der Waals surface area contributed by atoms with Gasteiger partial charge in [0.2, 0.25) is 0 Å². The topological polar surface area (TPSA) is 37.3 Å². The molecule has 0 bridgehead atoms. The monoisotopic (exact) mass is 252 g/mol. The van der Waals surface area contributed by atoms with Gasteiger partial charge >= 0.3 is 5.97 Å². The van der Waals surface area contributed by atoms with Gasteiger partial charge in [-0.1, -0.05) is 42.0 Å². The van der Waals surface area contributed by atoms with E-state index < -0.39 is 5.97 Å². The Bertz CT molecular complexity index is 671. The highest BCUT2D eigenvalue weighted by Crippen LogP contribution is 2.47. The number of benzene rings is 2. The van der Waals surface area contributed by atoms with E-state index in [0.29, 0.717) is 0 Å². The Hall–Kier alpha value is -2.09. The van der Waals surface area contributed by atoms with Crippen LogP contribution in [-0.2, 0) is 4.79 Å². The molecule has 0 spiro atoms. The number of hydrogen-bond acceptors (Lipinski definition) is 1. The summed E-state index contributed by atoms with van der Waals surface area (Å²) in [5.74, 6) is -0.755. The molecule has 96 valence electrons. The van der Waals surface area contributed by atoms with E-state index in [1.54, 1.807) is 0 Å². The molecular weight excluding hydrogens is 236 g/mol. The van der Waals surface area contributed by atoms with Gasteiger partial charge in [-0.3, -0.25) is 4.79 Å². The van der Waals surface area contributed by atoms with Crippen molar-refractivity contribution in [3.8, 4) is 11.1 Å². The van der Waals surface area contributed by atoms with Crippen molar-refractivity contribution in [3.63, 3.8) is 0 Å². The van der Waals surface area contributed by atoms with Crippen LogP contribution in [0, 0.1) is 13.8 Å². The molecule has 1 N–H and O–H groups in total. The molecule has 2 aromatic carbocycles. The first-order valence-corrected chi connectivity index (χ1v) is 6.50. The van der Waals surface area contributed by atoms with Gasteiger partial charge in [-0.2, -0.15) is 0 Å². The molecule has 1 aliphatic carbocycles. The largest absolute Gasteiger partial charge is 0.481 e. The number of aryl methyl sites for hydroxylation is 2. The number of hydrogen-bond donors (Lipinski definition) is 1. The van der Waals surface area contributed by atoms with Gasteiger partial charge < -0.3 is 5.11 Å². The zero-order chi connectivity index (χ0) is 13.6. The molecule has 2 nitrogen and oxygen atoms in total. The van der Waals surface area contributed by atoms with Gasteiger partial charge in [-0.15, -0.1) is 0 Å². The average molecular weight is 252 g/mol. The van der Waals surface area contributed by atoms with Crippen LogP contribution in [-0.4, -0.2) is 11.1 Å². The van der Waals surface area contributed by atoms with Gasteiger partial charge in [0.1, 0.15) is 0 Å². The van der Waals surface area contributed by atoms with Crippen molar-refractivity contribution in [2.45, 2.75) is 26.2 Å². The van der Waals surface area contributed by atoms with Crippen LogP contribution in [0.15, 0.2) is 36.4 Å². The van der Waals surface area contributed by atoms with E-state index in [2.05, 4.69) is 37.3 Å². The summed E-state index contributed by atoms with van der Waals surface area (Å²) in [6.07, 6.45) is 0.160. The fraction of sp³-hybridized carbons (Fsp3) is 0.235. The molecule has 0 saturated carbocycles. The van der Waals surface area contributed by atoms with E-state index in [-0.39, 0.29) is 12.3 Å². The van der Waals surface area contributed by atoms with Crippen LogP contribution in [0.4, 0.5) is 0 Å². The summed E-state index contributed by atoms with van der Waals surface area (Å²) in [6.45, 7) is 4.14. The second-order valence-electron chi connectivity index (χ2n) is 5.28. The van der Waals surface area contributed by atoms with Gasteiger partial charge in [0.15, 0.2) is 0 Å². The highest BCUT2D eigenvalue weighted by Gasteiger charge is 2.30. The Labute approximate surface area is 112 Å². The van der Waals surface area contributed by atoms with E-state index in [9.17, 15) is 4.79 Å². The maximum Gasteiger partial charge on any atom is 0.304 e. The fourth-order valence-corrected chi connectivity index (χ4v) is 3.11. The van der Waals surface area contributed by atoms with E-state index in [1.165, 1.54) is 22.3 Å². The summed E-state index contributed by atoms with van der Waals surface area (Å²) in [5, 5.41) is 9.16. The lowest BCUT2D eigenvalue weighted by atomic mass is 9.92. The van der Waals surface area contributed by atoms with Crippen molar-refractivity contribution in [2.24, 2.45) is 0 Å². The number of aliphatic carboxylic acids is 1. The van der Waals surface area contributed by atoms with Crippen LogP contribution < -0.4 is 0 Å². The highest BCUT2D eigenvalue weighted by molar-refractivity contribution is 5.83. The first kappa shape index (κ1) is 12.0. The molecule has 0 heterocycles. The van der Waals surface area contributed by atoms with Gasteiger partial charge in [0.25, 0.3) is 0 Å². The van der Waals surface area contributed by atoms with E-state index in [1.807, 2.05) is 13.0 Å². The molecule has 1 atom stereocenters. The Balaban J connectivity index is 2.26. The van der Waals surface area contributed by atoms with Crippen molar-refractivity contribution in [3.05, 3.63) is 58.7 Å². The summed E-state index contributed by atoms with van der Waals surface area (Å²) in [6, 6.07) is 12.5. The lowest BCUT2D eigenvalue weighted by molar-refractivity contribution is -0.137. The average Bonchev–Trinajstić information content (AvgIpc) is 2.64. The molecule has 2 heteroatoms. The standard InChI is InChI=1S/C17H16O2/c1-10-6-7-13-14(8-10)15(9-16(18)19)12-5-3-4-11(2)17(12)13/h3-8,15H,9H2,1-2H3,(H,18,19). The van der Waals surface area contributed by atoms with Gasteiger partial charge in [-0.25, -0.2) is 0 Å². The van der Waals surface area contributed by atoms with Gasteiger partial charge in [0.05, 0.1) is 6.42 Å². The quantitative estimate of drug-likeness (QED) is 0.880. The molecule has 0 radical (unpaired) electrons. The van der Waals surface area contributed by atoms with Crippen molar-refractivity contribution in [2.75, 3.05) is 0 Å². The summed E-state index contributed by atoms with van der Waals surface area (Å²) < 4.78 is 0. The smallest absolute Gasteiger partial charge is 0.304 e. The fourth-order valence-electron chi connectivity index (χ4n) is 3.11. The number of rotatable bonds is 2. The second-order valence-corrected chi connectivity index (χ2v) is 5.28. The zero-order valence-electron chi connectivity index (χ0n) is 11.1. The number of carbonyl (C=O) groups is 1. The first-order valence-electron chi connectivity index (χ1n) is 6.50. The van der Waals surface area contributed by atoms with Crippen LogP contribution in [0.5, 0.6) is 0 Å². The summed E-state index contributed by atoms with van der Waals surface area (Å²) >= 11 is 0. The number of fused-ring (bicyclic) bond motifs is 3. The molecule has 0 aromatic heterocycles. The number of carboxylic acid groups (broad SMARTS) is 1. The Morgan fingerprint density at radius 2 is 1.95 bits per heavy atom. The number of carboxylic acids is 1. The van der Waals surface area contributed by atoms with Crippen molar-refractivity contribution in [1.29, 1.82) is 0 Å². The van der Waals surface area contributed by atoms with Crippen molar-refractivity contribution < 1.29 is 9.90 Å². The summed E-state index contributed by atoms with van der Waals surface area (Å²) in [7, 11) is 0. The minimum Gasteiger partial charge on any atom is -0.481 e. The molecule has 0 saturated heterocycles. The molecule has 1 unspecified atom stereocenters. The Morgan fingerprint density at radius 3 is 2.68 bits per heavy atom.